The summed E-state index contributed by atoms with van der Waals surface area (Å²) in [6, 6.07) is 2.08. The molecule has 1 saturated heterocycles. The van der Waals surface area contributed by atoms with E-state index in [9.17, 15) is 26.4 Å². The normalized spacial score (nSPS) is 23.1. The SMILES string of the molecule is CC(C)[Si](OC1CCC(N2CC[C@@H](Cc3c(Cl)cc(OS(=O)(=O)C(F)(F)F)cc3Cl)C2=O)CC1)(C(C)C)C(C)C. The van der Waals surface area contributed by atoms with Crippen molar-refractivity contribution < 1.29 is 35.0 Å². The number of nitrogens with zero attached hydrogens (tertiary/aromatic N) is 1. The highest BCUT2D eigenvalue weighted by Gasteiger charge is 2.49. The van der Waals surface area contributed by atoms with Crippen LogP contribution in [-0.4, -0.2) is 51.7 Å². The van der Waals surface area contributed by atoms with Crippen LogP contribution in [0.15, 0.2) is 12.1 Å². The van der Waals surface area contributed by atoms with Gasteiger partial charge >= 0.3 is 15.6 Å². The van der Waals surface area contributed by atoms with Crippen LogP contribution in [0.2, 0.25) is 26.7 Å². The third-order valence-electron chi connectivity index (χ3n) is 8.57. The number of carbonyl (C=O) groups is 1. The molecule has 228 valence electrons. The topological polar surface area (TPSA) is 72.9 Å². The lowest BCUT2D eigenvalue weighted by atomic mass is 9.92. The summed E-state index contributed by atoms with van der Waals surface area (Å²) in [5.41, 5.74) is -3.68. The van der Waals surface area contributed by atoms with Crippen molar-refractivity contribution in [3.8, 4) is 5.75 Å². The Morgan fingerprint density at radius 3 is 1.90 bits per heavy atom. The highest BCUT2D eigenvalue weighted by molar-refractivity contribution is 7.88. The van der Waals surface area contributed by atoms with Crippen molar-refractivity contribution in [1.29, 1.82) is 0 Å². The van der Waals surface area contributed by atoms with Gasteiger partial charge in [0.05, 0.1) is 0 Å². The molecule has 1 amide bonds. The summed E-state index contributed by atoms with van der Waals surface area (Å²) < 4.78 is 71.8. The molecule has 0 radical (unpaired) electrons. The molecule has 2 fully saturated rings. The largest absolute Gasteiger partial charge is 0.534 e. The van der Waals surface area contributed by atoms with Gasteiger partial charge in [-0.15, -0.1) is 0 Å². The van der Waals surface area contributed by atoms with Crippen LogP contribution < -0.4 is 4.18 Å². The van der Waals surface area contributed by atoms with Crippen LogP contribution in [0.25, 0.3) is 0 Å². The second-order valence-electron chi connectivity index (χ2n) is 11.9. The van der Waals surface area contributed by atoms with Gasteiger partial charge in [0.25, 0.3) is 0 Å². The lowest BCUT2D eigenvalue weighted by Gasteiger charge is -2.46. The van der Waals surface area contributed by atoms with E-state index in [2.05, 4.69) is 45.7 Å². The van der Waals surface area contributed by atoms with Gasteiger partial charge < -0.3 is 13.5 Å². The Morgan fingerprint density at radius 1 is 0.950 bits per heavy atom. The summed E-state index contributed by atoms with van der Waals surface area (Å²) in [6.07, 6.45) is 4.60. The lowest BCUT2D eigenvalue weighted by molar-refractivity contribution is -0.133. The summed E-state index contributed by atoms with van der Waals surface area (Å²) >= 11 is 12.5. The van der Waals surface area contributed by atoms with Crippen molar-refractivity contribution in [2.45, 2.75) is 114 Å². The lowest BCUT2D eigenvalue weighted by Crippen LogP contribution is -2.51. The number of likely N-dealkylation sites (tertiary alicyclic amines) is 1. The first-order chi connectivity index (χ1) is 18.4. The third-order valence-corrected chi connectivity index (χ3v) is 16.4. The molecule has 40 heavy (non-hydrogen) atoms. The second kappa shape index (κ2) is 12.7. The minimum atomic E-state index is -5.86. The van der Waals surface area contributed by atoms with Crippen molar-refractivity contribution in [3.05, 3.63) is 27.7 Å². The molecular weight excluding hydrogens is 606 g/mol. The van der Waals surface area contributed by atoms with Crippen LogP contribution in [0.4, 0.5) is 13.2 Å². The Morgan fingerprint density at radius 2 is 1.45 bits per heavy atom. The Labute approximate surface area is 247 Å². The van der Waals surface area contributed by atoms with Gasteiger partial charge in [0.2, 0.25) is 14.2 Å². The van der Waals surface area contributed by atoms with Crippen molar-refractivity contribution in [2.24, 2.45) is 5.92 Å². The van der Waals surface area contributed by atoms with Crippen LogP contribution in [0.3, 0.4) is 0 Å². The van der Waals surface area contributed by atoms with E-state index >= 15 is 0 Å². The summed E-state index contributed by atoms with van der Waals surface area (Å²) in [5.74, 6) is -1.02. The van der Waals surface area contributed by atoms with Crippen LogP contribution in [0.5, 0.6) is 5.75 Å². The van der Waals surface area contributed by atoms with Gasteiger partial charge in [0.1, 0.15) is 5.75 Å². The maximum Gasteiger partial charge on any atom is 0.534 e. The van der Waals surface area contributed by atoms with Crippen LogP contribution in [-0.2, 0) is 25.8 Å². The van der Waals surface area contributed by atoms with Crippen molar-refractivity contribution in [3.63, 3.8) is 0 Å². The molecule has 0 unspecified atom stereocenters. The molecular formula is C27H40Cl2F3NO5SSi. The predicted molar refractivity (Wildman–Crippen MR) is 154 cm³/mol. The van der Waals surface area contributed by atoms with E-state index in [0.717, 1.165) is 37.8 Å². The van der Waals surface area contributed by atoms with Crippen molar-refractivity contribution in [1.82, 2.24) is 4.90 Å². The van der Waals surface area contributed by atoms with Gasteiger partial charge in [-0.05, 0) is 60.7 Å². The fraction of sp³-hybridized carbons (Fsp3) is 0.741. The predicted octanol–water partition coefficient (Wildman–Crippen LogP) is 8.12. The van der Waals surface area contributed by atoms with E-state index in [1.54, 1.807) is 0 Å². The second-order valence-corrected chi connectivity index (χ2v) is 19.7. The first-order valence-electron chi connectivity index (χ1n) is 13.9. The van der Waals surface area contributed by atoms with E-state index in [-0.39, 0.29) is 40.4 Å². The zero-order valence-corrected chi connectivity index (χ0v) is 27.2. The van der Waals surface area contributed by atoms with Crippen molar-refractivity contribution >= 4 is 47.5 Å². The molecule has 6 nitrogen and oxygen atoms in total. The number of hydrogen-bond donors (Lipinski definition) is 0. The first-order valence-corrected chi connectivity index (χ1v) is 18.2. The minimum absolute atomic E-state index is 0.00624. The molecule has 0 N–H and O–H groups in total. The molecule has 0 bridgehead atoms. The highest BCUT2D eigenvalue weighted by Crippen LogP contribution is 2.45. The van der Waals surface area contributed by atoms with Gasteiger partial charge in [-0.3, -0.25) is 4.79 Å². The Bertz CT molecular complexity index is 1130. The molecule has 1 aromatic rings. The minimum Gasteiger partial charge on any atom is -0.413 e. The monoisotopic (exact) mass is 645 g/mol. The first kappa shape index (κ1) is 33.5. The zero-order valence-electron chi connectivity index (χ0n) is 23.9. The molecule has 0 spiro atoms. The molecule has 1 saturated carbocycles. The number of carbonyl (C=O) groups excluding carboxylic acids is 1. The van der Waals surface area contributed by atoms with Gasteiger partial charge in [-0.1, -0.05) is 64.7 Å². The zero-order chi connectivity index (χ0) is 30.2. The summed E-state index contributed by atoms with van der Waals surface area (Å²) in [6.45, 7) is 14.3. The molecule has 1 aromatic carbocycles. The highest BCUT2D eigenvalue weighted by atomic mass is 35.5. The Kier molecular flexibility index (Phi) is 10.6. The Balaban J connectivity index is 1.63. The third kappa shape index (κ3) is 6.96. The molecule has 13 heteroatoms. The smallest absolute Gasteiger partial charge is 0.413 e. The van der Waals surface area contributed by atoms with Gasteiger partial charge in [-0.2, -0.15) is 21.6 Å². The number of alkyl halides is 3. The maximum absolute atomic E-state index is 13.4. The number of rotatable bonds is 10. The molecule has 1 aliphatic carbocycles. The summed E-state index contributed by atoms with van der Waals surface area (Å²) in [5, 5.41) is -0.117. The van der Waals surface area contributed by atoms with E-state index in [1.807, 2.05) is 4.90 Å². The Hall–Kier alpha value is -1.01. The van der Waals surface area contributed by atoms with Gasteiger partial charge in [0.15, 0.2) is 0 Å². The number of benzene rings is 1. The van der Waals surface area contributed by atoms with Gasteiger partial charge in [0, 0.05) is 46.8 Å². The fourth-order valence-corrected chi connectivity index (χ4v) is 13.4. The van der Waals surface area contributed by atoms with E-state index < -0.39 is 29.7 Å². The van der Waals surface area contributed by atoms with Crippen LogP contribution >= 0.6 is 23.2 Å². The maximum atomic E-state index is 13.4. The molecule has 1 heterocycles. The molecule has 0 aromatic heterocycles. The standard InChI is InChI=1S/C27H40Cl2F3NO5SSi/c1-16(2)40(17(3)4,18(5)6)38-21-9-7-20(8-10-21)33-12-11-19(26(33)34)13-23-24(28)14-22(15-25(23)29)37-39(35,36)27(30,31)32/h14-21H,7-13H2,1-6H3/t19-,20?,21?/m0/s1. The van der Waals surface area contributed by atoms with E-state index in [1.165, 1.54) is 0 Å². The molecule has 1 aliphatic heterocycles. The number of halogens is 5. The van der Waals surface area contributed by atoms with Crippen LogP contribution in [0.1, 0.15) is 79.2 Å². The van der Waals surface area contributed by atoms with E-state index in [0.29, 0.717) is 35.2 Å². The molecule has 1 atom stereocenters. The van der Waals surface area contributed by atoms with Crippen molar-refractivity contribution in [2.75, 3.05) is 6.54 Å². The molecule has 3 rings (SSSR count). The number of amides is 1. The van der Waals surface area contributed by atoms with Crippen LogP contribution in [0, 0.1) is 5.92 Å². The fourth-order valence-electron chi connectivity index (χ4n) is 6.73. The number of hydrogen-bond acceptors (Lipinski definition) is 5. The summed E-state index contributed by atoms with van der Waals surface area (Å²) in [4.78, 5) is 15.3. The average Bonchev–Trinajstić information content (AvgIpc) is 3.18. The van der Waals surface area contributed by atoms with Gasteiger partial charge in [-0.25, -0.2) is 0 Å². The van der Waals surface area contributed by atoms with E-state index in [4.69, 9.17) is 27.6 Å². The quantitative estimate of drug-likeness (QED) is 0.146. The summed E-state index contributed by atoms with van der Waals surface area (Å²) in [7, 11) is -7.84. The average molecular weight is 647 g/mol. The molecule has 2 aliphatic rings.